The van der Waals surface area contributed by atoms with Gasteiger partial charge in [-0.3, -0.25) is 4.79 Å². The smallest absolute Gasteiger partial charge is 0.227 e. The molecule has 0 saturated carbocycles. The van der Waals surface area contributed by atoms with Crippen LogP contribution in [-0.2, 0) is 17.8 Å². The summed E-state index contributed by atoms with van der Waals surface area (Å²) >= 11 is 0. The minimum Gasteiger partial charge on any atom is -0.497 e. The lowest BCUT2D eigenvalue weighted by Crippen LogP contribution is -2.30. The van der Waals surface area contributed by atoms with Crippen LogP contribution in [0.3, 0.4) is 0 Å². The average molecular weight is 413 g/mol. The monoisotopic (exact) mass is 413 g/mol. The number of aromatic nitrogens is 2. The summed E-state index contributed by atoms with van der Waals surface area (Å²) in [5.41, 5.74) is 2.76. The predicted octanol–water partition coefficient (Wildman–Crippen LogP) is 4.91. The molecule has 0 unspecified atom stereocenters. The summed E-state index contributed by atoms with van der Waals surface area (Å²) in [6.07, 6.45) is 0.645. The van der Waals surface area contributed by atoms with Crippen molar-refractivity contribution in [3.63, 3.8) is 0 Å². The number of anilines is 1. The van der Waals surface area contributed by atoms with E-state index in [2.05, 4.69) is 10.1 Å². The number of hydrogen-bond donors (Lipinski definition) is 0. The lowest BCUT2D eigenvalue weighted by Gasteiger charge is -2.23. The second-order valence-corrected chi connectivity index (χ2v) is 7.04. The van der Waals surface area contributed by atoms with Crippen molar-refractivity contribution in [2.75, 3.05) is 12.0 Å². The summed E-state index contributed by atoms with van der Waals surface area (Å²) in [6, 6.07) is 27.1. The maximum absolute atomic E-state index is 13.1. The molecule has 6 nitrogen and oxygen atoms in total. The Morgan fingerprint density at radius 3 is 2.29 bits per heavy atom. The van der Waals surface area contributed by atoms with Gasteiger partial charge in [-0.25, -0.2) is 0 Å². The van der Waals surface area contributed by atoms with E-state index < -0.39 is 0 Å². The Morgan fingerprint density at radius 1 is 0.935 bits per heavy atom. The summed E-state index contributed by atoms with van der Waals surface area (Å²) in [5, 5.41) is 4.04. The van der Waals surface area contributed by atoms with Gasteiger partial charge in [-0.05, 0) is 42.0 Å². The van der Waals surface area contributed by atoms with Crippen molar-refractivity contribution >= 4 is 11.6 Å². The predicted molar refractivity (Wildman–Crippen MR) is 119 cm³/mol. The van der Waals surface area contributed by atoms with Gasteiger partial charge in [0.2, 0.25) is 17.6 Å². The first-order chi connectivity index (χ1) is 15.2. The number of benzene rings is 3. The SMILES string of the molecule is COc1ccc(-c2noc(CCC(=O)N(Cc3ccccc3)c3ccccc3)n2)cc1. The highest BCUT2D eigenvalue weighted by Crippen LogP contribution is 2.21. The Kier molecular flexibility index (Phi) is 6.38. The van der Waals surface area contributed by atoms with Crippen LogP contribution in [0.25, 0.3) is 11.4 Å². The standard InChI is InChI=1S/C25H23N3O3/c1-30-22-14-12-20(13-15-22)25-26-23(31-27-25)16-17-24(29)28(21-10-6-3-7-11-21)18-19-8-4-2-5-9-19/h2-15H,16-18H2,1H3. The maximum Gasteiger partial charge on any atom is 0.227 e. The second-order valence-electron chi connectivity index (χ2n) is 7.04. The van der Waals surface area contributed by atoms with Crippen LogP contribution in [0.2, 0.25) is 0 Å². The molecule has 31 heavy (non-hydrogen) atoms. The van der Waals surface area contributed by atoms with Crippen molar-refractivity contribution < 1.29 is 14.1 Å². The molecule has 156 valence electrons. The molecular formula is C25H23N3O3. The Hall–Kier alpha value is -3.93. The van der Waals surface area contributed by atoms with E-state index in [1.807, 2.05) is 84.9 Å². The van der Waals surface area contributed by atoms with E-state index in [9.17, 15) is 4.79 Å². The van der Waals surface area contributed by atoms with Gasteiger partial charge in [0.05, 0.1) is 13.7 Å². The van der Waals surface area contributed by atoms with E-state index in [4.69, 9.17) is 9.26 Å². The summed E-state index contributed by atoms with van der Waals surface area (Å²) in [7, 11) is 1.62. The third-order valence-electron chi connectivity index (χ3n) is 4.92. The third kappa shape index (κ3) is 5.17. The van der Waals surface area contributed by atoms with Gasteiger partial charge in [0.25, 0.3) is 0 Å². The number of nitrogens with zero attached hydrogens (tertiary/aromatic N) is 3. The van der Waals surface area contributed by atoms with Gasteiger partial charge in [0.15, 0.2) is 0 Å². The topological polar surface area (TPSA) is 68.5 Å². The fraction of sp³-hybridized carbons (Fsp3) is 0.160. The molecule has 0 atom stereocenters. The van der Waals surface area contributed by atoms with Gasteiger partial charge in [-0.1, -0.05) is 53.7 Å². The largest absolute Gasteiger partial charge is 0.497 e. The lowest BCUT2D eigenvalue weighted by atomic mass is 10.1. The molecule has 3 aromatic carbocycles. The van der Waals surface area contributed by atoms with E-state index in [1.54, 1.807) is 12.0 Å². The normalized spacial score (nSPS) is 10.6. The van der Waals surface area contributed by atoms with Gasteiger partial charge in [-0.2, -0.15) is 4.98 Å². The molecule has 6 heteroatoms. The summed E-state index contributed by atoms with van der Waals surface area (Å²) in [5.74, 6) is 1.69. The quantitative estimate of drug-likeness (QED) is 0.410. The van der Waals surface area contributed by atoms with Crippen molar-refractivity contribution in [1.82, 2.24) is 10.1 Å². The molecule has 0 fully saturated rings. The van der Waals surface area contributed by atoms with Crippen LogP contribution in [0.4, 0.5) is 5.69 Å². The second kappa shape index (κ2) is 9.71. The fourth-order valence-electron chi connectivity index (χ4n) is 3.26. The zero-order valence-corrected chi connectivity index (χ0v) is 17.3. The minimum atomic E-state index is -0.000694. The molecular weight excluding hydrogens is 390 g/mol. The van der Waals surface area contributed by atoms with E-state index in [1.165, 1.54) is 0 Å². The van der Waals surface area contributed by atoms with Crippen molar-refractivity contribution in [2.45, 2.75) is 19.4 Å². The number of carbonyl (C=O) groups excluding carboxylic acids is 1. The highest BCUT2D eigenvalue weighted by Gasteiger charge is 2.18. The molecule has 0 aliphatic carbocycles. The molecule has 0 aliphatic heterocycles. The number of ether oxygens (including phenoxy) is 1. The van der Waals surface area contributed by atoms with Crippen molar-refractivity contribution in [3.8, 4) is 17.1 Å². The zero-order chi connectivity index (χ0) is 21.5. The van der Waals surface area contributed by atoms with Crippen molar-refractivity contribution in [3.05, 3.63) is 96.4 Å². The lowest BCUT2D eigenvalue weighted by molar-refractivity contribution is -0.118. The highest BCUT2D eigenvalue weighted by atomic mass is 16.5. The van der Waals surface area contributed by atoms with Crippen LogP contribution in [0.1, 0.15) is 17.9 Å². The first kappa shape index (κ1) is 20.3. The maximum atomic E-state index is 13.1. The summed E-state index contributed by atoms with van der Waals surface area (Å²) < 4.78 is 10.5. The first-order valence-electron chi connectivity index (χ1n) is 10.1. The number of para-hydroxylation sites is 1. The molecule has 4 rings (SSSR count). The minimum absolute atomic E-state index is 0.000694. The molecule has 0 bridgehead atoms. The number of aryl methyl sites for hydroxylation is 1. The third-order valence-corrected chi connectivity index (χ3v) is 4.92. The molecule has 1 aromatic heterocycles. The average Bonchev–Trinajstić information content (AvgIpc) is 3.31. The van der Waals surface area contributed by atoms with E-state index in [0.29, 0.717) is 24.7 Å². The Bertz CT molecular complexity index is 1110. The molecule has 1 amide bonds. The van der Waals surface area contributed by atoms with Crippen LogP contribution < -0.4 is 9.64 Å². The molecule has 4 aromatic rings. The fourth-order valence-corrected chi connectivity index (χ4v) is 3.26. The summed E-state index contributed by atoms with van der Waals surface area (Å²) in [4.78, 5) is 19.3. The molecule has 0 saturated heterocycles. The summed E-state index contributed by atoms with van der Waals surface area (Å²) in [6.45, 7) is 0.505. The molecule has 0 spiro atoms. The zero-order valence-electron chi connectivity index (χ0n) is 17.3. The Morgan fingerprint density at radius 2 is 1.61 bits per heavy atom. The van der Waals surface area contributed by atoms with Crippen LogP contribution >= 0.6 is 0 Å². The molecule has 0 aliphatic rings. The number of carbonyl (C=O) groups is 1. The van der Waals surface area contributed by atoms with Crippen LogP contribution in [0, 0.1) is 0 Å². The number of rotatable bonds is 8. The van der Waals surface area contributed by atoms with E-state index >= 15 is 0 Å². The van der Waals surface area contributed by atoms with Crippen LogP contribution in [0.15, 0.2) is 89.5 Å². The highest BCUT2D eigenvalue weighted by molar-refractivity contribution is 5.93. The van der Waals surface area contributed by atoms with Crippen molar-refractivity contribution in [2.24, 2.45) is 0 Å². The number of amides is 1. The van der Waals surface area contributed by atoms with Crippen LogP contribution in [0.5, 0.6) is 5.75 Å². The van der Waals surface area contributed by atoms with E-state index in [-0.39, 0.29) is 12.3 Å². The van der Waals surface area contributed by atoms with Crippen molar-refractivity contribution in [1.29, 1.82) is 0 Å². The van der Waals surface area contributed by atoms with Crippen LogP contribution in [-0.4, -0.2) is 23.2 Å². The van der Waals surface area contributed by atoms with Gasteiger partial charge in [-0.15, -0.1) is 0 Å². The van der Waals surface area contributed by atoms with E-state index in [0.717, 1.165) is 22.6 Å². The molecule has 0 radical (unpaired) electrons. The number of hydrogen-bond acceptors (Lipinski definition) is 5. The Balaban J connectivity index is 1.44. The van der Waals surface area contributed by atoms with Gasteiger partial charge >= 0.3 is 0 Å². The molecule has 1 heterocycles. The number of methoxy groups -OCH3 is 1. The van der Waals surface area contributed by atoms with Gasteiger partial charge < -0.3 is 14.2 Å². The van der Waals surface area contributed by atoms with Gasteiger partial charge in [0.1, 0.15) is 5.75 Å². The molecule has 0 N–H and O–H groups in total. The Labute approximate surface area is 181 Å². The first-order valence-corrected chi connectivity index (χ1v) is 10.1. The van der Waals surface area contributed by atoms with Gasteiger partial charge in [0, 0.05) is 24.1 Å².